The molecule has 2 unspecified atom stereocenters. The van der Waals surface area contributed by atoms with Gasteiger partial charge in [0.05, 0.1) is 5.92 Å². The number of anilines is 1. The average molecular weight is 253 g/mol. The smallest absolute Gasteiger partial charge is 0.307 e. The Morgan fingerprint density at radius 3 is 2.44 bits per heavy atom. The molecule has 0 spiro atoms. The van der Waals surface area contributed by atoms with E-state index in [2.05, 4.69) is 5.32 Å². The summed E-state index contributed by atoms with van der Waals surface area (Å²) in [5.74, 6) is -3.36. The van der Waals surface area contributed by atoms with Crippen molar-refractivity contribution in [3.05, 3.63) is 29.6 Å². The Labute approximate surface area is 105 Å². The highest BCUT2D eigenvalue weighted by Gasteiger charge is 2.26. The van der Waals surface area contributed by atoms with Crippen LogP contribution in [0.5, 0.6) is 0 Å². The fraction of sp³-hybridized carbons (Fsp3) is 0.385. The molecule has 1 aromatic rings. The summed E-state index contributed by atoms with van der Waals surface area (Å²) in [6.45, 7) is 4.55. The van der Waals surface area contributed by atoms with Crippen LogP contribution in [-0.4, -0.2) is 17.0 Å². The van der Waals surface area contributed by atoms with Gasteiger partial charge in [0.1, 0.15) is 5.82 Å². The number of carbonyl (C=O) groups is 2. The first-order chi connectivity index (χ1) is 8.34. The van der Waals surface area contributed by atoms with Crippen LogP contribution in [0.25, 0.3) is 0 Å². The van der Waals surface area contributed by atoms with Gasteiger partial charge in [-0.05, 0) is 19.1 Å². The summed E-state index contributed by atoms with van der Waals surface area (Å²) in [4.78, 5) is 22.6. The van der Waals surface area contributed by atoms with Gasteiger partial charge in [-0.15, -0.1) is 0 Å². The molecule has 0 aliphatic rings. The van der Waals surface area contributed by atoms with Crippen LogP contribution >= 0.6 is 0 Å². The molecule has 2 N–H and O–H groups in total. The van der Waals surface area contributed by atoms with E-state index < -0.39 is 29.5 Å². The fourth-order valence-electron chi connectivity index (χ4n) is 1.43. The number of aliphatic carboxylic acids is 1. The normalized spacial score (nSPS) is 13.8. The molecule has 1 aromatic carbocycles. The Morgan fingerprint density at radius 2 is 1.89 bits per heavy atom. The molecule has 0 saturated heterocycles. The van der Waals surface area contributed by atoms with E-state index in [1.165, 1.54) is 26.0 Å². The summed E-state index contributed by atoms with van der Waals surface area (Å²) in [5.41, 5.74) is 0.700. The highest BCUT2D eigenvalue weighted by Crippen LogP contribution is 2.20. The Kier molecular flexibility index (Phi) is 4.42. The lowest BCUT2D eigenvalue weighted by atomic mass is 9.95. The molecule has 0 aliphatic carbocycles. The van der Waals surface area contributed by atoms with Gasteiger partial charge in [0, 0.05) is 17.2 Å². The van der Waals surface area contributed by atoms with Gasteiger partial charge in [-0.25, -0.2) is 4.39 Å². The van der Waals surface area contributed by atoms with Crippen molar-refractivity contribution >= 4 is 17.6 Å². The van der Waals surface area contributed by atoms with Crippen LogP contribution < -0.4 is 5.32 Å². The monoisotopic (exact) mass is 253 g/mol. The lowest BCUT2D eigenvalue weighted by Crippen LogP contribution is -2.30. The van der Waals surface area contributed by atoms with E-state index in [0.717, 1.165) is 0 Å². The second-order valence-corrected chi connectivity index (χ2v) is 4.32. The highest BCUT2D eigenvalue weighted by atomic mass is 19.1. The summed E-state index contributed by atoms with van der Waals surface area (Å²) in [5, 5.41) is 11.4. The number of hydrogen-bond donors (Lipinski definition) is 2. The summed E-state index contributed by atoms with van der Waals surface area (Å²) in [6.07, 6.45) is 0. The van der Waals surface area contributed by atoms with Crippen LogP contribution in [0.1, 0.15) is 19.4 Å². The highest BCUT2D eigenvalue weighted by molar-refractivity contribution is 5.95. The zero-order valence-corrected chi connectivity index (χ0v) is 10.5. The predicted molar refractivity (Wildman–Crippen MR) is 65.7 cm³/mol. The third-order valence-corrected chi connectivity index (χ3v) is 3.08. The van der Waals surface area contributed by atoms with Crippen LogP contribution in [0.15, 0.2) is 18.2 Å². The topological polar surface area (TPSA) is 66.4 Å². The maximum Gasteiger partial charge on any atom is 0.307 e. The Morgan fingerprint density at radius 1 is 1.28 bits per heavy atom. The molecular formula is C13H16FNO3. The summed E-state index contributed by atoms with van der Waals surface area (Å²) in [7, 11) is 0. The Bertz CT molecular complexity index is 473. The molecule has 0 saturated carbocycles. The van der Waals surface area contributed by atoms with E-state index in [9.17, 15) is 14.0 Å². The number of hydrogen-bond acceptors (Lipinski definition) is 2. The van der Waals surface area contributed by atoms with Gasteiger partial charge in [0.25, 0.3) is 0 Å². The van der Waals surface area contributed by atoms with Crippen LogP contribution in [-0.2, 0) is 9.59 Å². The van der Waals surface area contributed by atoms with Crippen molar-refractivity contribution in [1.82, 2.24) is 0 Å². The van der Waals surface area contributed by atoms with E-state index in [1.807, 2.05) is 0 Å². The van der Waals surface area contributed by atoms with Crippen molar-refractivity contribution in [2.45, 2.75) is 20.8 Å². The molecule has 0 bridgehead atoms. The first-order valence-corrected chi connectivity index (χ1v) is 5.63. The van der Waals surface area contributed by atoms with Gasteiger partial charge in [0.15, 0.2) is 0 Å². The lowest BCUT2D eigenvalue weighted by molar-refractivity contribution is -0.145. The molecule has 0 aromatic heterocycles. The molecule has 0 heterocycles. The molecule has 2 atom stereocenters. The summed E-state index contributed by atoms with van der Waals surface area (Å²) >= 11 is 0. The number of amides is 1. The van der Waals surface area contributed by atoms with Crippen LogP contribution in [0.2, 0.25) is 0 Å². The molecule has 5 heteroatoms. The van der Waals surface area contributed by atoms with Gasteiger partial charge in [0.2, 0.25) is 5.91 Å². The standard InChI is InChI=1S/C13H16FNO3/c1-7(8(2)13(17)18)12(16)15-11-6-4-5-10(14)9(11)3/h4-8H,1-3H3,(H,15,16)(H,17,18). The Balaban J connectivity index is 2.82. The van der Waals surface area contributed by atoms with E-state index >= 15 is 0 Å². The minimum Gasteiger partial charge on any atom is -0.481 e. The minimum atomic E-state index is -1.03. The molecular weight excluding hydrogens is 237 g/mol. The van der Waals surface area contributed by atoms with Gasteiger partial charge in [-0.1, -0.05) is 19.9 Å². The molecule has 4 nitrogen and oxygen atoms in total. The van der Waals surface area contributed by atoms with Crippen molar-refractivity contribution in [2.24, 2.45) is 11.8 Å². The van der Waals surface area contributed by atoms with Crippen molar-refractivity contribution in [2.75, 3.05) is 5.32 Å². The summed E-state index contributed by atoms with van der Waals surface area (Å²) in [6, 6.07) is 4.37. The van der Waals surface area contributed by atoms with Crippen LogP contribution in [0.4, 0.5) is 10.1 Å². The number of carboxylic acids is 1. The maximum atomic E-state index is 13.3. The first kappa shape index (κ1) is 14.2. The van der Waals surface area contributed by atoms with E-state index in [4.69, 9.17) is 5.11 Å². The van der Waals surface area contributed by atoms with E-state index in [1.54, 1.807) is 13.0 Å². The third kappa shape index (κ3) is 3.06. The number of carboxylic acid groups (broad SMARTS) is 1. The molecule has 0 radical (unpaired) electrons. The lowest BCUT2D eigenvalue weighted by Gasteiger charge is -2.16. The molecule has 1 rings (SSSR count). The number of nitrogens with one attached hydrogen (secondary N) is 1. The number of rotatable bonds is 4. The molecule has 18 heavy (non-hydrogen) atoms. The average Bonchev–Trinajstić information content (AvgIpc) is 2.32. The minimum absolute atomic E-state index is 0.334. The number of carbonyl (C=O) groups excluding carboxylic acids is 1. The second kappa shape index (κ2) is 5.62. The quantitative estimate of drug-likeness (QED) is 0.866. The third-order valence-electron chi connectivity index (χ3n) is 3.08. The largest absolute Gasteiger partial charge is 0.481 e. The number of benzene rings is 1. The Hall–Kier alpha value is -1.91. The SMILES string of the molecule is Cc1c(F)cccc1NC(=O)C(C)C(C)C(=O)O. The van der Waals surface area contributed by atoms with Crippen molar-refractivity contribution in [3.63, 3.8) is 0 Å². The number of halogens is 1. The zero-order chi connectivity index (χ0) is 13.9. The van der Waals surface area contributed by atoms with Crippen molar-refractivity contribution in [3.8, 4) is 0 Å². The zero-order valence-electron chi connectivity index (χ0n) is 10.5. The van der Waals surface area contributed by atoms with Crippen LogP contribution in [0.3, 0.4) is 0 Å². The van der Waals surface area contributed by atoms with E-state index in [0.29, 0.717) is 11.3 Å². The molecule has 1 amide bonds. The maximum absolute atomic E-state index is 13.3. The molecule has 98 valence electrons. The predicted octanol–water partition coefficient (Wildman–Crippen LogP) is 2.43. The molecule has 0 aliphatic heterocycles. The van der Waals surface area contributed by atoms with Gasteiger partial charge in [-0.3, -0.25) is 9.59 Å². The van der Waals surface area contributed by atoms with Crippen LogP contribution in [0, 0.1) is 24.6 Å². The van der Waals surface area contributed by atoms with E-state index in [-0.39, 0.29) is 0 Å². The van der Waals surface area contributed by atoms with Gasteiger partial charge in [-0.2, -0.15) is 0 Å². The first-order valence-electron chi connectivity index (χ1n) is 5.63. The fourth-order valence-corrected chi connectivity index (χ4v) is 1.43. The van der Waals surface area contributed by atoms with Gasteiger partial charge < -0.3 is 10.4 Å². The molecule has 0 fully saturated rings. The summed E-state index contributed by atoms with van der Waals surface area (Å²) < 4.78 is 13.3. The van der Waals surface area contributed by atoms with Crippen molar-refractivity contribution in [1.29, 1.82) is 0 Å². The van der Waals surface area contributed by atoms with Gasteiger partial charge >= 0.3 is 5.97 Å². The van der Waals surface area contributed by atoms with Crippen molar-refractivity contribution < 1.29 is 19.1 Å². The second-order valence-electron chi connectivity index (χ2n) is 4.32.